The lowest BCUT2D eigenvalue weighted by Gasteiger charge is -2.15. The van der Waals surface area contributed by atoms with Crippen molar-refractivity contribution in [1.29, 1.82) is 0 Å². The molecular weight excluding hydrogens is 270 g/mol. The van der Waals surface area contributed by atoms with Crippen LogP contribution in [0.1, 0.15) is 19.3 Å². The van der Waals surface area contributed by atoms with E-state index >= 15 is 0 Å². The van der Waals surface area contributed by atoms with E-state index in [0.717, 1.165) is 19.3 Å². The monoisotopic (exact) mass is 289 g/mol. The molecule has 8 heteroatoms. The molecule has 0 radical (unpaired) electrons. The summed E-state index contributed by atoms with van der Waals surface area (Å²) in [6.45, 7) is 0.660. The number of nitrogens with one attached hydrogen (secondary N) is 2. The van der Waals surface area contributed by atoms with Gasteiger partial charge in [-0.25, -0.2) is 4.68 Å². The van der Waals surface area contributed by atoms with Gasteiger partial charge in [0.25, 0.3) is 5.95 Å². The predicted molar refractivity (Wildman–Crippen MR) is 78.3 cm³/mol. The molecule has 0 spiro atoms. The quantitative estimate of drug-likeness (QED) is 0.743. The Morgan fingerprint density at radius 2 is 2.14 bits per heavy atom. The first-order chi connectivity index (χ1) is 10.3. The normalized spacial score (nSPS) is 21.4. The summed E-state index contributed by atoms with van der Waals surface area (Å²) in [6, 6.07) is 1.81. The van der Waals surface area contributed by atoms with Crippen molar-refractivity contribution >= 4 is 11.9 Å². The van der Waals surface area contributed by atoms with Gasteiger partial charge in [-0.2, -0.15) is 20.1 Å². The Bertz CT molecular complexity index is 586. The summed E-state index contributed by atoms with van der Waals surface area (Å²) in [6.07, 6.45) is 6.21. The van der Waals surface area contributed by atoms with E-state index in [4.69, 9.17) is 0 Å². The average Bonchev–Trinajstić information content (AvgIpc) is 3.16. The van der Waals surface area contributed by atoms with Gasteiger partial charge < -0.3 is 15.7 Å². The van der Waals surface area contributed by atoms with Crippen LogP contribution in [0, 0.1) is 5.92 Å². The third kappa shape index (κ3) is 3.10. The van der Waals surface area contributed by atoms with Crippen LogP contribution in [0.25, 0.3) is 5.95 Å². The number of aliphatic hydroxyl groups is 1. The van der Waals surface area contributed by atoms with Gasteiger partial charge in [0, 0.05) is 31.9 Å². The van der Waals surface area contributed by atoms with Gasteiger partial charge in [0.2, 0.25) is 11.9 Å². The van der Waals surface area contributed by atoms with Crippen molar-refractivity contribution in [1.82, 2.24) is 24.7 Å². The minimum absolute atomic E-state index is 0.228. The second kappa shape index (κ2) is 6.04. The van der Waals surface area contributed by atoms with Crippen molar-refractivity contribution in [3.05, 3.63) is 18.5 Å². The van der Waals surface area contributed by atoms with E-state index in [1.165, 1.54) is 0 Å². The molecule has 1 aliphatic carbocycles. The fraction of sp³-hybridized carbons (Fsp3) is 0.538. The number of aliphatic hydroxyl groups excluding tert-OH is 1. The predicted octanol–water partition coefficient (Wildman–Crippen LogP) is 0.672. The Morgan fingerprint density at radius 3 is 2.81 bits per heavy atom. The average molecular weight is 289 g/mol. The standard InChI is InChI=1S/C13H19N7O/c1-14-11-17-12(15-8-9-4-2-5-10(9)21)19-13(18-11)20-7-3-6-16-20/h3,6-7,9-10,21H,2,4-5,8H2,1H3,(H2,14,15,17,18,19). The lowest BCUT2D eigenvalue weighted by molar-refractivity contribution is 0.138. The van der Waals surface area contributed by atoms with Crippen LogP contribution in [-0.2, 0) is 0 Å². The number of rotatable bonds is 5. The van der Waals surface area contributed by atoms with Crippen LogP contribution in [-0.4, -0.2) is 49.5 Å². The van der Waals surface area contributed by atoms with E-state index < -0.39 is 0 Å². The van der Waals surface area contributed by atoms with Gasteiger partial charge in [0.1, 0.15) is 0 Å². The fourth-order valence-corrected chi connectivity index (χ4v) is 2.52. The maximum absolute atomic E-state index is 9.85. The van der Waals surface area contributed by atoms with Gasteiger partial charge in [0.15, 0.2) is 0 Å². The first-order valence-electron chi connectivity index (χ1n) is 7.12. The fourth-order valence-electron chi connectivity index (χ4n) is 2.52. The zero-order valence-corrected chi connectivity index (χ0v) is 11.9. The number of nitrogens with zero attached hydrogens (tertiary/aromatic N) is 5. The minimum Gasteiger partial charge on any atom is -0.393 e. The summed E-state index contributed by atoms with van der Waals surface area (Å²) in [4.78, 5) is 12.9. The van der Waals surface area contributed by atoms with Crippen molar-refractivity contribution < 1.29 is 5.11 Å². The molecule has 1 saturated carbocycles. The summed E-state index contributed by atoms with van der Waals surface area (Å²) in [5.74, 6) is 1.67. The van der Waals surface area contributed by atoms with E-state index in [1.54, 1.807) is 24.1 Å². The van der Waals surface area contributed by atoms with Crippen molar-refractivity contribution in [2.75, 3.05) is 24.2 Å². The molecule has 2 atom stereocenters. The first kappa shape index (κ1) is 13.7. The first-order valence-corrected chi connectivity index (χ1v) is 7.12. The highest BCUT2D eigenvalue weighted by Gasteiger charge is 2.25. The number of anilines is 2. The molecule has 0 bridgehead atoms. The van der Waals surface area contributed by atoms with Crippen molar-refractivity contribution in [3.8, 4) is 5.95 Å². The molecule has 21 heavy (non-hydrogen) atoms. The van der Waals surface area contributed by atoms with E-state index in [9.17, 15) is 5.11 Å². The molecule has 112 valence electrons. The summed E-state index contributed by atoms with van der Waals surface area (Å²) >= 11 is 0. The highest BCUT2D eigenvalue weighted by Crippen LogP contribution is 2.25. The highest BCUT2D eigenvalue weighted by atomic mass is 16.3. The Morgan fingerprint density at radius 1 is 1.29 bits per heavy atom. The third-order valence-electron chi connectivity index (χ3n) is 3.70. The molecule has 8 nitrogen and oxygen atoms in total. The van der Waals surface area contributed by atoms with Gasteiger partial charge >= 0.3 is 0 Å². The van der Waals surface area contributed by atoms with E-state index in [1.807, 2.05) is 6.07 Å². The van der Waals surface area contributed by atoms with Gasteiger partial charge in [0.05, 0.1) is 6.10 Å². The Balaban J connectivity index is 1.76. The molecule has 0 saturated heterocycles. The van der Waals surface area contributed by atoms with Crippen molar-refractivity contribution in [2.45, 2.75) is 25.4 Å². The van der Waals surface area contributed by atoms with Crippen LogP contribution in [0.15, 0.2) is 18.5 Å². The van der Waals surface area contributed by atoms with Crippen molar-refractivity contribution in [3.63, 3.8) is 0 Å². The van der Waals surface area contributed by atoms with Gasteiger partial charge in [-0.1, -0.05) is 6.42 Å². The molecule has 2 aromatic heterocycles. The molecule has 2 unspecified atom stereocenters. The summed E-state index contributed by atoms with van der Waals surface area (Å²) < 4.78 is 1.58. The second-order valence-corrected chi connectivity index (χ2v) is 5.12. The molecule has 0 aromatic carbocycles. The third-order valence-corrected chi connectivity index (χ3v) is 3.70. The van der Waals surface area contributed by atoms with Gasteiger partial charge in [-0.15, -0.1) is 0 Å². The van der Waals surface area contributed by atoms with Crippen LogP contribution in [0.4, 0.5) is 11.9 Å². The van der Waals surface area contributed by atoms with Crippen LogP contribution in [0.5, 0.6) is 0 Å². The van der Waals surface area contributed by atoms with Crippen LogP contribution >= 0.6 is 0 Å². The van der Waals surface area contributed by atoms with Crippen LogP contribution in [0.3, 0.4) is 0 Å². The summed E-state index contributed by atoms with van der Waals surface area (Å²) in [5, 5.41) is 20.1. The SMILES string of the molecule is CNc1nc(NCC2CCCC2O)nc(-n2cccn2)n1. The second-order valence-electron chi connectivity index (χ2n) is 5.12. The van der Waals surface area contributed by atoms with Crippen molar-refractivity contribution in [2.24, 2.45) is 5.92 Å². The largest absolute Gasteiger partial charge is 0.393 e. The molecule has 1 aliphatic rings. The molecule has 2 aromatic rings. The molecule has 3 N–H and O–H groups in total. The smallest absolute Gasteiger partial charge is 0.257 e. The van der Waals surface area contributed by atoms with Gasteiger partial charge in [-0.3, -0.25) is 0 Å². The number of hydrogen-bond donors (Lipinski definition) is 3. The molecule has 0 aliphatic heterocycles. The zero-order chi connectivity index (χ0) is 14.7. The molecule has 3 rings (SSSR count). The van der Waals surface area contributed by atoms with E-state index in [0.29, 0.717) is 24.4 Å². The Kier molecular flexibility index (Phi) is 3.96. The molecule has 0 amide bonds. The topological polar surface area (TPSA) is 101 Å². The summed E-state index contributed by atoms with van der Waals surface area (Å²) in [7, 11) is 1.76. The van der Waals surface area contributed by atoms with Crippen LogP contribution < -0.4 is 10.6 Å². The maximum Gasteiger partial charge on any atom is 0.257 e. The van der Waals surface area contributed by atoms with Gasteiger partial charge in [-0.05, 0) is 18.9 Å². The van der Waals surface area contributed by atoms with E-state index in [2.05, 4.69) is 30.7 Å². The number of aromatic nitrogens is 5. The molecular formula is C13H19N7O. The van der Waals surface area contributed by atoms with Crippen LogP contribution in [0.2, 0.25) is 0 Å². The Hall–Kier alpha value is -2.22. The minimum atomic E-state index is -0.228. The lowest BCUT2D eigenvalue weighted by atomic mass is 10.1. The maximum atomic E-state index is 9.85. The highest BCUT2D eigenvalue weighted by molar-refractivity contribution is 5.37. The molecule has 2 heterocycles. The lowest BCUT2D eigenvalue weighted by Crippen LogP contribution is -2.23. The summed E-state index contributed by atoms with van der Waals surface area (Å²) in [5.41, 5.74) is 0. The Labute approximate surface area is 122 Å². The molecule has 1 fully saturated rings. The zero-order valence-electron chi connectivity index (χ0n) is 11.9. The number of hydrogen-bond acceptors (Lipinski definition) is 7. The van der Waals surface area contributed by atoms with E-state index in [-0.39, 0.29) is 12.0 Å².